The van der Waals surface area contributed by atoms with E-state index in [4.69, 9.17) is 5.11 Å². The molecule has 32 heavy (non-hydrogen) atoms. The number of carbonyl (C=O) groups is 2. The molecule has 0 unspecified atom stereocenters. The number of anilines is 2. The molecule has 1 amide bonds. The first-order chi connectivity index (χ1) is 15.6. The van der Waals surface area contributed by atoms with Crippen LogP contribution >= 0.6 is 0 Å². The molecule has 1 aliphatic rings. The second-order valence-corrected chi connectivity index (χ2v) is 7.57. The van der Waals surface area contributed by atoms with E-state index in [9.17, 15) is 9.59 Å². The van der Waals surface area contributed by atoms with Gasteiger partial charge in [0.15, 0.2) is 11.2 Å². The topological polar surface area (TPSA) is 135 Å². The van der Waals surface area contributed by atoms with Gasteiger partial charge < -0.3 is 15.7 Å². The SMILES string of the molecule is O=C(O)c1ccc(Nc2ncc3nnn(-c4cccc(CNC(=O)C5CC5)c4)c3n2)cc1. The molecule has 3 N–H and O–H groups in total. The maximum Gasteiger partial charge on any atom is 0.335 e. The first-order valence-electron chi connectivity index (χ1n) is 10.1. The Labute approximate surface area is 182 Å². The van der Waals surface area contributed by atoms with Crippen molar-refractivity contribution in [2.24, 2.45) is 5.92 Å². The van der Waals surface area contributed by atoms with Crippen molar-refractivity contribution in [2.75, 3.05) is 5.32 Å². The van der Waals surface area contributed by atoms with E-state index in [-0.39, 0.29) is 17.4 Å². The molecule has 0 atom stereocenters. The van der Waals surface area contributed by atoms with Crippen LogP contribution in [0.1, 0.15) is 28.8 Å². The van der Waals surface area contributed by atoms with E-state index in [1.54, 1.807) is 23.0 Å². The number of aromatic nitrogens is 5. The van der Waals surface area contributed by atoms with Crippen LogP contribution in [0.3, 0.4) is 0 Å². The van der Waals surface area contributed by atoms with E-state index in [1.165, 1.54) is 12.1 Å². The average molecular weight is 429 g/mol. The number of aromatic carboxylic acids is 1. The summed E-state index contributed by atoms with van der Waals surface area (Å²) >= 11 is 0. The van der Waals surface area contributed by atoms with E-state index < -0.39 is 5.97 Å². The molecule has 0 spiro atoms. The summed E-state index contributed by atoms with van der Waals surface area (Å²) in [5, 5.41) is 23.4. The second-order valence-electron chi connectivity index (χ2n) is 7.57. The normalized spacial score (nSPS) is 13.1. The van der Waals surface area contributed by atoms with Crippen LogP contribution in [0.5, 0.6) is 0 Å². The average Bonchev–Trinajstić information content (AvgIpc) is 3.58. The minimum absolute atomic E-state index is 0.0986. The highest BCUT2D eigenvalue weighted by atomic mass is 16.4. The van der Waals surface area contributed by atoms with Crippen LogP contribution in [-0.2, 0) is 11.3 Å². The minimum atomic E-state index is -0.987. The van der Waals surface area contributed by atoms with Gasteiger partial charge in [-0.3, -0.25) is 4.79 Å². The lowest BCUT2D eigenvalue weighted by Crippen LogP contribution is -2.24. The fourth-order valence-corrected chi connectivity index (χ4v) is 3.26. The third-order valence-corrected chi connectivity index (χ3v) is 5.15. The van der Waals surface area contributed by atoms with Gasteiger partial charge in [0.05, 0.1) is 17.4 Å². The maximum absolute atomic E-state index is 11.9. The number of carbonyl (C=O) groups excluding carboxylic acids is 1. The zero-order valence-corrected chi connectivity index (χ0v) is 16.9. The fourth-order valence-electron chi connectivity index (χ4n) is 3.26. The monoisotopic (exact) mass is 429 g/mol. The Morgan fingerprint density at radius 2 is 1.94 bits per heavy atom. The number of nitrogens with zero attached hydrogens (tertiary/aromatic N) is 5. The minimum Gasteiger partial charge on any atom is -0.478 e. The first-order valence-corrected chi connectivity index (χ1v) is 10.1. The van der Waals surface area contributed by atoms with Crippen LogP contribution in [0.25, 0.3) is 16.9 Å². The number of nitrogens with one attached hydrogen (secondary N) is 2. The van der Waals surface area contributed by atoms with Crippen molar-refractivity contribution in [1.82, 2.24) is 30.3 Å². The molecule has 0 aliphatic heterocycles. The number of fused-ring (bicyclic) bond motifs is 1. The summed E-state index contributed by atoms with van der Waals surface area (Å²) in [6.45, 7) is 0.448. The third kappa shape index (κ3) is 4.10. The van der Waals surface area contributed by atoms with Gasteiger partial charge in [-0.1, -0.05) is 17.3 Å². The Morgan fingerprint density at radius 1 is 1.12 bits per heavy atom. The van der Waals surface area contributed by atoms with Crippen LogP contribution in [0, 0.1) is 5.92 Å². The van der Waals surface area contributed by atoms with Crippen molar-refractivity contribution in [2.45, 2.75) is 19.4 Å². The number of benzene rings is 2. The summed E-state index contributed by atoms with van der Waals surface area (Å²) < 4.78 is 1.61. The molecule has 160 valence electrons. The Bertz CT molecular complexity index is 1310. The Morgan fingerprint density at radius 3 is 2.69 bits per heavy atom. The summed E-state index contributed by atoms with van der Waals surface area (Å²) in [6, 6.07) is 14.0. The van der Waals surface area contributed by atoms with Crippen molar-refractivity contribution >= 4 is 34.7 Å². The lowest BCUT2D eigenvalue weighted by atomic mass is 10.2. The second kappa shape index (κ2) is 8.06. The Kier molecular flexibility index (Phi) is 4.94. The van der Waals surface area contributed by atoms with Gasteiger partial charge in [0.25, 0.3) is 0 Å². The lowest BCUT2D eigenvalue weighted by molar-refractivity contribution is -0.122. The molecule has 10 nitrogen and oxygen atoms in total. The van der Waals surface area contributed by atoms with Crippen molar-refractivity contribution in [3.05, 3.63) is 65.9 Å². The van der Waals surface area contributed by atoms with Gasteiger partial charge in [-0.15, -0.1) is 5.10 Å². The summed E-state index contributed by atoms with van der Waals surface area (Å²) in [7, 11) is 0. The molecule has 0 bridgehead atoms. The number of carboxylic acids is 1. The quantitative estimate of drug-likeness (QED) is 0.408. The Balaban J connectivity index is 1.38. The smallest absolute Gasteiger partial charge is 0.335 e. The molecular weight excluding hydrogens is 410 g/mol. The van der Waals surface area contributed by atoms with E-state index in [0.29, 0.717) is 29.3 Å². The van der Waals surface area contributed by atoms with Crippen LogP contribution in [0.15, 0.2) is 54.7 Å². The number of amides is 1. The van der Waals surface area contributed by atoms with Gasteiger partial charge in [-0.05, 0) is 54.8 Å². The summed E-state index contributed by atoms with van der Waals surface area (Å²) in [5.74, 6) is -0.391. The molecule has 0 saturated heterocycles. The van der Waals surface area contributed by atoms with E-state index >= 15 is 0 Å². The molecule has 1 fully saturated rings. The molecular formula is C22H19N7O3. The van der Waals surface area contributed by atoms with E-state index in [1.807, 2.05) is 24.3 Å². The summed E-state index contributed by atoms with van der Waals surface area (Å²) in [4.78, 5) is 31.7. The van der Waals surface area contributed by atoms with Gasteiger partial charge >= 0.3 is 5.97 Å². The highest BCUT2D eigenvalue weighted by Crippen LogP contribution is 2.28. The van der Waals surface area contributed by atoms with Gasteiger partial charge in [0, 0.05) is 18.2 Å². The molecule has 10 heteroatoms. The number of hydrogen-bond donors (Lipinski definition) is 3. The number of hydrogen-bond acceptors (Lipinski definition) is 7. The molecule has 1 aliphatic carbocycles. The predicted molar refractivity (Wildman–Crippen MR) is 116 cm³/mol. The van der Waals surface area contributed by atoms with Gasteiger partial charge in [-0.2, -0.15) is 9.67 Å². The lowest BCUT2D eigenvalue weighted by Gasteiger charge is -2.08. The first kappa shape index (κ1) is 19.6. The zero-order valence-electron chi connectivity index (χ0n) is 16.9. The van der Waals surface area contributed by atoms with Gasteiger partial charge in [0.2, 0.25) is 11.9 Å². The highest BCUT2D eigenvalue weighted by Gasteiger charge is 2.29. The van der Waals surface area contributed by atoms with Crippen molar-refractivity contribution < 1.29 is 14.7 Å². The Hall–Kier alpha value is -4.34. The molecule has 1 saturated carbocycles. The van der Waals surface area contributed by atoms with Crippen molar-refractivity contribution in [3.63, 3.8) is 0 Å². The van der Waals surface area contributed by atoms with Gasteiger partial charge in [-0.25, -0.2) is 9.78 Å². The van der Waals surface area contributed by atoms with Crippen LogP contribution in [0.2, 0.25) is 0 Å². The third-order valence-electron chi connectivity index (χ3n) is 5.15. The molecule has 4 aromatic rings. The largest absolute Gasteiger partial charge is 0.478 e. The molecule has 2 heterocycles. The zero-order chi connectivity index (χ0) is 22.1. The number of rotatable bonds is 7. The molecule has 5 rings (SSSR count). The van der Waals surface area contributed by atoms with Crippen LogP contribution in [0.4, 0.5) is 11.6 Å². The fraction of sp³-hybridized carbons (Fsp3) is 0.182. The predicted octanol–water partition coefficient (Wildman–Crippen LogP) is 2.68. The standard InChI is InChI=1S/C22H19N7O3/c30-20(14-4-5-14)23-11-13-2-1-3-17(10-13)29-19-18(27-28-29)12-24-22(26-19)25-16-8-6-15(7-9-16)21(31)32/h1-3,6-10,12,14H,4-5,11H2,(H,23,30)(H,31,32)(H,24,25,26). The number of carboxylic acid groups (broad SMARTS) is 1. The van der Waals surface area contributed by atoms with Crippen molar-refractivity contribution in [3.8, 4) is 5.69 Å². The summed E-state index contributed by atoms with van der Waals surface area (Å²) in [6.07, 6.45) is 3.51. The summed E-state index contributed by atoms with van der Waals surface area (Å²) in [5.41, 5.74) is 3.62. The van der Waals surface area contributed by atoms with E-state index in [0.717, 1.165) is 24.1 Å². The highest BCUT2D eigenvalue weighted by molar-refractivity contribution is 5.88. The molecule has 0 radical (unpaired) electrons. The van der Waals surface area contributed by atoms with Gasteiger partial charge in [0.1, 0.15) is 0 Å². The molecule has 2 aromatic carbocycles. The molecule has 2 aromatic heterocycles. The van der Waals surface area contributed by atoms with Crippen molar-refractivity contribution in [1.29, 1.82) is 0 Å². The van der Waals surface area contributed by atoms with Crippen LogP contribution < -0.4 is 10.6 Å². The van der Waals surface area contributed by atoms with Crippen LogP contribution in [-0.4, -0.2) is 41.9 Å². The maximum atomic E-state index is 11.9. The van der Waals surface area contributed by atoms with E-state index in [2.05, 4.69) is 30.9 Å².